The molecule has 0 atom stereocenters. The summed E-state index contributed by atoms with van der Waals surface area (Å²) >= 11 is 0. The number of carbonyl (C=O) groups excluding carboxylic acids is 1. The van der Waals surface area contributed by atoms with E-state index < -0.39 is 0 Å². The smallest absolute Gasteiger partial charge is 0.227 e. The van der Waals surface area contributed by atoms with E-state index in [9.17, 15) is 4.79 Å². The zero-order valence-electron chi connectivity index (χ0n) is 14.6. The van der Waals surface area contributed by atoms with Gasteiger partial charge in [-0.25, -0.2) is 0 Å². The van der Waals surface area contributed by atoms with Crippen LogP contribution in [0.3, 0.4) is 0 Å². The number of methoxy groups -OCH3 is 1. The maximum Gasteiger partial charge on any atom is 0.227 e. The van der Waals surface area contributed by atoms with Crippen LogP contribution in [-0.2, 0) is 17.8 Å². The summed E-state index contributed by atoms with van der Waals surface area (Å²) < 4.78 is 5.42. The van der Waals surface area contributed by atoms with Crippen LogP contribution in [0.15, 0.2) is 48.5 Å². The first-order chi connectivity index (χ1) is 12.2. The van der Waals surface area contributed by atoms with Crippen molar-refractivity contribution in [3.8, 4) is 5.75 Å². The van der Waals surface area contributed by atoms with E-state index in [1.54, 1.807) is 7.11 Å². The van der Waals surface area contributed by atoms with E-state index in [0.717, 1.165) is 49.7 Å². The predicted octanol–water partition coefficient (Wildman–Crippen LogP) is 2.16. The summed E-state index contributed by atoms with van der Waals surface area (Å²) in [5.41, 5.74) is 8.61. The number of nitrogens with zero attached hydrogens (tertiary/aromatic N) is 2. The average Bonchev–Trinajstić information content (AvgIpc) is 2.64. The number of piperazine rings is 1. The van der Waals surface area contributed by atoms with E-state index in [-0.39, 0.29) is 5.91 Å². The highest BCUT2D eigenvalue weighted by molar-refractivity contribution is 5.79. The Labute approximate surface area is 149 Å². The molecule has 132 valence electrons. The minimum atomic E-state index is 0.182. The summed E-state index contributed by atoms with van der Waals surface area (Å²) in [6.45, 7) is 4.15. The fourth-order valence-electron chi connectivity index (χ4n) is 3.15. The maximum absolute atomic E-state index is 12.5. The van der Waals surface area contributed by atoms with Crippen molar-refractivity contribution in [2.75, 3.05) is 39.0 Å². The van der Waals surface area contributed by atoms with Crippen molar-refractivity contribution in [2.24, 2.45) is 0 Å². The van der Waals surface area contributed by atoms with E-state index in [1.165, 1.54) is 5.56 Å². The highest BCUT2D eigenvalue weighted by atomic mass is 16.5. The van der Waals surface area contributed by atoms with Gasteiger partial charge < -0.3 is 15.4 Å². The molecule has 25 heavy (non-hydrogen) atoms. The lowest BCUT2D eigenvalue weighted by atomic mass is 10.1. The Hall–Kier alpha value is -2.53. The molecule has 0 saturated carbocycles. The fraction of sp³-hybridized carbons (Fsp3) is 0.350. The lowest BCUT2D eigenvalue weighted by Crippen LogP contribution is -2.48. The van der Waals surface area contributed by atoms with Gasteiger partial charge in [0.15, 0.2) is 0 Å². The molecule has 0 bridgehead atoms. The fourth-order valence-corrected chi connectivity index (χ4v) is 3.15. The van der Waals surface area contributed by atoms with Gasteiger partial charge in [0.1, 0.15) is 5.75 Å². The second-order valence-electron chi connectivity index (χ2n) is 6.39. The number of hydrogen-bond acceptors (Lipinski definition) is 4. The summed E-state index contributed by atoms with van der Waals surface area (Å²) in [7, 11) is 1.70. The average molecular weight is 339 g/mol. The third-order valence-corrected chi connectivity index (χ3v) is 4.65. The summed E-state index contributed by atoms with van der Waals surface area (Å²) in [5, 5.41) is 0. The first kappa shape index (κ1) is 17.3. The molecule has 0 aromatic heterocycles. The quantitative estimate of drug-likeness (QED) is 0.848. The minimum Gasteiger partial charge on any atom is -0.496 e. The summed E-state index contributed by atoms with van der Waals surface area (Å²) in [4.78, 5) is 16.8. The third kappa shape index (κ3) is 4.51. The van der Waals surface area contributed by atoms with Crippen molar-refractivity contribution in [3.05, 3.63) is 59.7 Å². The number of nitrogen functional groups attached to an aromatic ring is 1. The minimum absolute atomic E-state index is 0.182. The Bertz CT molecular complexity index is 707. The zero-order valence-corrected chi connectivity index (χ0v) is 14.6. The molecule has 1 heterocycles. The molecular formula is C20H25N3O2. The molecule has 0 unspecified atom stereocenters. The summed E-state index contributed by atoms with van der Waals surface area (Å²) in [6, 6.07) is 15.6. The van der Waals surface area contributed by atoms with Crippen LogP contribution in [0.5, 0.6) is 5.75 Å². The summed E-state index contributed by atoms with van der Waals surface area (Å²) in [5.74, 6) is 1.10. The van der Waals surface area contributed by atoms with Crippen LogP contribution < -0.4 is 10.5 Å². The van der Waals surface area contributed by atoms with Gasteiger partial charge >= 0.3 is 0 Å². The SMILES string of the molecule is COc1ccccc1CN1CCN(C(=O)Cc2ccc(N)cc2)CC1. The van der Waals surface area contributed by atoms with Crippen molar-refractivity contribution in [3.63, 3.8) is 0 Å². The number of hydrogen-bond donors (Lipinski definition) is 1. The van der Waals surface area contributed by atoms with E-state index in [4.69, 9.17) is 10.5 Å². The molecular weight excluding hydrogens is 314 g/mol. The normalized spacial score (nSPS) is 15.2. The molecule has 0 radical (unpaired) electrons. The number of anilines is 1. The third-order valence-electron chi connectivity index (χ3n) is 4.65. The lowest BCUT2D eigenvalue weighted by molar-refractivity contribution is -0.132. The van der Waals surface area contributed by atoms with Gasteiger partial charge in [0.05, 0.1) is 13.5 Å². The van der Waals surface area contributed by atoms with E-state index in [1.807, 2.05) is 47.4 Å². The molecule has 5 heteroatoms. The van der Waals surface area contributed by atoms with Crippen LogP contribution >= 0.6 is 0 Å². The number of amides is 1. The van der Waals surface area contributed by atoms with Gasteiger partial charge in [-0.2, -0.15) is 0 Å². The van der Waals surface area contributed by atoms with Gasteiger partial charge in [-0.05, 0) is 23.8 Å². The highest BCUT2D eigenvalue weighted by Crippen LogP contribution is 2.20. The van der Waals surface area contributed by atoms with Crippen LogP contribution in [0.2, 0.25) is 0 Å². The molecule has 2 aromatic rings. The van der Waals surface area contributed by atoms with Crippen molar-refractivity contribution in [2.45, 2.75) is 13.0 Å². The second kappa shape index (κ2) is 8.03. The van der Waals surface area contributed by atoms with Crippen molar-refractivity contribution < 1.29 is 9.53 Å². The first-order valence-electron chi connectivity index (χ1n) is 8.62. The van der Waals surface area contributed by atoms with Crippen molar-refractivity contribution in [1.82, 2.24) is 9.80 Å². The number of nitrogens with two attached hydrogens (primary N) is 1. The largest absolute Gasteiger partial charge is 0.496 e. The number of ether oxygens (including phenoxy) is 1. The van der Waals surface area contributed by atoms with Crippen LogP contribution in [0.25, 0.3) is 0 Å². The molecule has 1 amide bonds. The molecule has 1 aliphatic rings. The van der Waals surface area contributed by atoms with E-state index in [2.05, 4.69) is 11.0 Å². The summed E-state index contributed by atoms with van der Waals surface area (Å²) in [6.07, 6.45) is 0.437. The molecule has 5 nitrogen and oxygen atoms in total. The van der Waals surface area contributed by atoms with Crippen molar-refractivity contribution in [1.29, 1.82) is 0 Å². The Morgan fingerprint density at radius 1 is 1.04 bits per heavy atom. The van der Waals surface area contributed by atoms with E-state index in [0.29, 0.717) is 6.42 Å². The predicted molar refractivity (Wildman–Crippen MR) is 99.4 cm³/mol. The monoisotopic (exact) mass is 339 g/mol. The molecule has 2 aromatic carbocycles. The van der Waals surface area contributed by atoms with Gasteiger partial charge in [0.25, 0.3) is 0 Å². The van der Waals surface area contributed by atoms with Gasteiger partial charge in [0, 0.05) is 44.0 Å². The molecule has 0 spiro atoms. The lowest BCUT2D eigenvalue weighted by Gasteiger charge is -2.35. The standard InChI is InChI=1S/C20H25N3O2/c1-25-19-5-3-2-4-17(19)15-22-10-12-23(13-11-22)20(24)14-16-6-8-18(21)9-7-16/h2-9H,10-15,21H2,1H3. The molecule has 1 aliphatic heterocycles. The number of benzene rings is 2. The van der Waals surface area contributed by atoms with Crippen LogP contribution in [-0.4, -0.2) is 49.0 Å². The number of rotatable bonds is 5. The highest BCUT2D eigenvalue weighted by Gasteiger charge is 2.21. The molecule has 3 rings (SSSR count). The van der Waals surface area contributed by atoms with Crippen LogP contribution in [0.4, 0.5) is 5.69 Å². The number of carbonyl (C=O) groups is 1. The first-order valence-corrected chi connectivity index (χ1v) is 8.62. The molecule has 0 aliphatic carbocycles. The Balaban J connectivity index is 1.51. The van der Waals surface area contributed by atoms with Gasteiger partial charge in [-0.1, -0.05) is 30.3 Å². The van der Waals surface area contributed by atoms with Crippen LogP contribution in [0.1, 0.15) is 11.1 Å². The molecule has 2 N–H and O–H groups in total. The Morgan fingerprint density at radius 3 is 2.40 bits per heavy atom. The Morgan fingerprint density at radius 2 is 1.72 bits per heavy atom. The molecule has 1 fully saturated rings. The van der Waals surface area contributed by atoms with Gasteiger partial charge in [0.2, 0.25) is 5.91 Å². The topological polar surface area (TPSA) is 58.8 Å². The molecule has 1 saturated heterocycles. The second-order valence-corrected chi connectivity index (χ2v) is 6.39. The van der Waals surface area contributed by atoms with Crippen molar-refractivity contribution >= 4 is 11.6 Å². The Kier molecular flexibility index (Phi) is 5.56. The van der Waals surface area contributed by atoms with Crippen LogP contribution in [0, 0.1) is 0 Å². The number of para-hydroxylation sites is 1. The van der Waals surface area contributed by atoms with E-state index >= 15 is 0 Å². The van der Waals surface area contributed by atoms with Gasteiger partial charge in [-0.3, -0.25) is 9.69 Å². The van der Waals surface area contributed by atoms with Gasteiger partial charge in [-0.15, -0.1) is 0 Å². The zero-order chi connectivity index (χ0) is 17.6. The maximum atomic E-state index is 12.5.